The molecule has 0 saturated carbocycles. The minimum Gasteiger partial charge on any atom is -0.444 e. The molecule has 3 N–H and O–H groups in total. The zero-order valence-corrected chi connectivity index (χ0v) is 18.7. The van der Waals surface area contributed by atoms with Crippen molar-refractivity contribution in [2.45, 2.75) is 83.5 Å². The number of piperidine rings is 1. The summed E-state index contributed by atoms with van der Waals surface area (Å²) >= 11 is 0. The smallest absolute Gasteiger partial charge is 0.407 e. The van der Waals surface area contributed by atoms with Gasteiger partial charge in [0.05, 0.1) is 6.04 Å². The molecule has 0 aromatic carbocycles. The highest BCUT2D eigenvalue weighted by atomic mass is 32.2. The number of nitrogens with one attached hydrogen (secondary N) is 2. The van der Waals surface area contributed by atoms with E-state index in [9.17, 15) is 27.4 Å². The lowest BCUT2D eigenvalue weighted by Crippen LogP contribution is -2.52. The number of amides is 4. The lowest BCUT2D eigenvalue weighted by Gasteiger charge is -2.31. The van der Waals surface area contributed by atoms with E-state index in [0.717, 1.165) is 6.42 Å². The van der Waals surface area contributed by atoms with Crippen molar-refractivity contribution in [1.82, 2.24) is 19.8 Å². The van der Waals surface area contributed by atoms with E-state index >= 15 is 0 Å². The number of carbonyl (C=O) groups excluding carboxylic acids is 3. The van der Waals surface area contributed by atoms with Gasteiger partial charge in [-0.05, 0) is 46.5 Å². The highest BCUT2D eigenvalue weighted by molar-refractivity contribution is 7.84. The van der Waals surface area contributed by atoms with Crippen molar-refractivity contribution in [3.8, 4) is 0 Å². The van der Waals surface area contributed by atoms with Crippen LogP contribution >= 0.6 is 0 Å². The Hall–Kier alpha value is -2.08. The fraction of sp³-hybridized carbons (Fsp3) is 0.833. The summed E-state index contributed by atoms with van der Waals surface area (Å²) in [7, 11) is -4.66. The van der Waals surface area contributed by atoms with Crippen molar-refractivity contribution in [1.29, 1.82) is 0 Å². The van der Waals surface area contributed by atoms with Gasteiger partial charge in [0.25, 0.3) is 0 Å². The molecule has 2 saturated heterocycles. The van der Waals surface area contributed by atoms with Gasteiger partial charge < -0.3 is 20.3 Å². The zero-order chi connectivity index (χ0) is 22.7. The Labute approximate surface area is 177 Å². The third-order valence-corrected chi connectivity index (χ3v) is 5.97. The number of fused-ring (bicyclic) bond motifs is 2. The molecule has 12 heteroatoms. The molecule has 172 valence electrons. The normalized spacial score (nSPS) is 22.6. The molecule has 30 heavy (non-hydrogen) atoms. The van der Waals surface area contributed by atoms with Gasteiger partial charge >= 0.3 is 22.4 Å². The standard InChI is InChI=1S/C18H32N4O7S/c1-5-6-12(9-10-19-16(24)29-18(2,3)4)20-15(23)14-8-7-13-11-21(14)17(25)22(13)30(26,27)28/h12-14H,5-11H2,1-4H3,(H,19,24)(H,20,23)(H,26,27,28)/t12?,13?,14-/m0/s1. The van der Waals surface area contributed by atoms with Crippen LogP contribution in [0.5, 0.6) is 0 Å². The predicted molar refractivity (Wildman–Crippen MR) is 108 cm³/mol. The number of alkyl carbamates (subject to hydrolysis) is 1. The fourth-order valence-electron chi connectivity index (χ4n) is 3.79. The van der Waals surface area contributed by atoms with E-state index in [1.54, 1.807) is 20.8 Å². The van der Waals surface area contributed by atoms with Gasteiger partial charge in [-0.15, -0.1) is 0 Å². The van der Waals surface area contributed by atoms with E-state index in [0.29, 0.717) is 36.5 Å². The van der Waals surface area contributed by atoms with Crippen LogP contribution in [0.2, 0.25) is 0 Å². The molecule has 2 aliphatic heterocycles. The van der Waals surface area contributed by atoms with Gasteiger partial charge in [-0.2, -0.15) is 12.7 Å². The lowest BCUT2D eigenvalue weighted by atomic mass is 9.99. The minimum absolute atomic E-state index is 0.0787. The largest absolute Gasteiger partial charge is 0.444 e. The second-order valence-electron chi connectivity index (χ2n) is 8.67. The number of urea groups is 1. The molecule has 0 aromatic rings. The van der Waals surface area contributed by atoms with Crippen LogP contribution in [0.3, 0.4) is 0 Å². The first-order chi connectivity index (χ1) is 13.8. The van der Waals surface area contributed by atoms with Crippen molar-refractivity contribution >= 4 is 28.3 Å². The summed E-state index contributed by atoms with van der Waals surface area (Å²) in [6.07, 6.45) is 2.06. The third kappa shape index (κ3) is 6.21. The zero-order valence-electron chi connectivity index (χ0n) is 17.9. The van der Waals surface area contributed by atoms with E-state index in [1.165, 1.54) is 4.90 Å². The van der Waals surface area contributed by atoms with Crippen molar-refractivity contribution in [2.24, 2.45) is 0 Å². The van der Waals surface area contributed by atoms with E-state index < -0.39 is 40.1 Å². The maximum Gasteiger partial charge on any atom is 0.407 e. The van der Waals surface area contributed by atoms with Crippen molar-refractivity contribution in [3.63, 3.8) is 0 Å². The van der Waals surface area contributed by atoms with Crippen LogP contribution < -0.4 is 10.6 Å². The Balaban J connectivity index is 1.92. The molecule has 0 spiro atoms. The average molecular weight is 449 g/mol. The summed E-state index contributed by atoms with van der Waals surface area (Å²) in [5.74, 6) is -0.366. The van der Waals surface area contributed by atoms with Crippen LogP contribution in [0, 0.1) is 0 Å². The molecular formula is C18H32N4O7S. The fourth-order valence-corrected chi connectivity index (χ4v) is 4.65. The predicted octanol–water partition coefficient (Wildman–Crippen LogP) is 1.26. The quantitative estimate of drug-likeness (QED) is 0.474. The van der Waals surface area contributed by atoms with E-state index in [2.05, 4.69) is 10.6 Å². The van der Waals surface area contributed by atoms with Gasteiger partial charge in [0.1, 0.15) is 11.6 Å². The Bertz CT molecular complexity index is 765. The van der Waals surface area contributed by atoms with E-state index in [4.69, 9.17) is 4.74 Å². The van der Waals surface area contributed by atoms with Crippen LogP contribution in [0.4, 0.5) is 9.59 Å². The molecule has 11 nitrogen and oxygen atoms in total. The molecule has 0 aromatic heterocycles. The number of rotatable bonds is 8. The SMILES string of the molecule is CCCC(CCNC(=O)OC(C)(C)C)NC(=O)[C@@H]1CCC2CN1C(=O)N2S(=O)(=O)O. The maximum absolute atomic E-state index is 12.8. The minimum atomic E-state index is -4.66. The van der Waals surface area contributed by atoms with Gasteiger partial charge in [-0.3, -0.25) is 9.35 Å². The molecule has 2 bridgehead atoms. The Morgan fingerprint density at radius 1 is 1.27 bits per heavy atom. The van der Waals surface area contributed by atoms with Crippen LogP contribution in [0.15, 0.2) is 0 Å². The lowest BCUT2D eigenvalue weighted by molar-refractivity contribution is -0.126. The van der Waals surface area contributed by atoms with Crippen LogP contribution in [0.1, 0.15) is 59.8 Å². The Morgan fingerprint density at radius 2 is 1.93 bits per heavy atom. The summed E-state index contributed by atoms with van der Waals surface area (Å²) in [6, 6.07) is -2.54. The van der Waals surface area contributed by atoms with E-state index in [-0.39, 0.29) is 18.5 Å². The first kappa shape index (κ1) is 24.2. The molecule has 2 heterocycles. The first-order valence-electron chi connectivity index (χ1n) is 10.2. The molecule has 0 aliphatic carbocycles. The molecule has 0 radical (unpaired) electrons. The number of hydrogen-bond donors (Lipinski definition) is 3. The second-order valence-corrected chi connectivity index (χ2v) is 9.96. The molecular weight excluding hydrogens is 416 g/mol. The topological polar surface area (TPSA) is 145 Å². The van der Waals surface area contributed by atoms with Gasteiger partial charge in [0.2, 0.25) is 5.91 Å². The molecule has 2 fully saturated rings. The first-order valence-corrected chi connectivity index (χ1v) is 11.6. The third-order valence-electron chi connectivity index (χ3n) is 5.02. The number of hydrogen-bond acceptors (Lipinski definition) is 6. The van der Waals surface area contributed by atoms with E-state index in [1.807, 2.05) is 6.92 Å². The monoisotopic (exact) mass is 448 g/mol. The maximum atomic E-state index is 12.8. The van der Waals surface area contributed by atoms with Crippen molar-refractivity contribution in [2.75, 3.05) is 13.1 Å². The van der Waals surface area contributed by atoms with Crippen LogP contribution in [-0.4, -0.2) is 77.0 Å². The molecule has 2 rings (SSSR count). The number of nitrogens with zero attached hydrogens (tertiary/aromatic N) is 2. The summed E-state index contributed by atoms with van der Waals surface area (Å²) in [6.45, 7) is 7.67. The number of carbonyl (C=O) groups is 3. The average Bonchev–Trinajstić information content (AvgIpc) is 2.84. The summed E-state index contributed by atoms with van der Waals surface area (Å²) in [4.78, 5) is 38.2. The molecule has 2 unspecified atom stereocenters. The number of ether oxygens (including phenoxy) is 1. The molecule has 2 aliphatic rings. The highest BCUT2D eigenvalue weighted by Gasteiger charge is 2.51. The van der Waals surface area contributed by atoms with Crippen LogP contribution in [-0.2, 0) is 19.8 Å². The van der Waals surface area contributed by atoms with Gasteiger partial charge in [0, 0.05) is 19.1 Å². The Morgan fingerprint density at radius 3 is 2.50 bits per heavy atom. The van der Waals surface area contributed by atoms with Gasteiger partial charge in [-0.1, -0.05) is 13.3 Å². The molecule has 4 amide bonds. The second kappa shape index (κ2) is 9.38. The van der Waals surface area contributed by atoms with Crippen molar-refractivity contribution in [3.05, 3.63) is 0 Å². The van der Waals surface area contributed by atoms with Crippen molar-refractivity contribution < 1.29 is 32.1 Å². The van der Waals surface area contributed by atoms with Crippen LogP contribution in [0.25, 0.3) is 0 Å². The highest BCUT2D eigenvalue weighted by Crippen LogP contribution is 2.31. The van der Waals surface area contributed by atoms with Gasteiger partial charge in [-0.25, -0.2) is 9.59 Å². The summed E-state index contributed by atoms with van der Waals surface area (Å²) < 4.78 is 37.9. The Kier molecular flexibility index (Phi) is 7.56. The summed E-state index contributed by atoms with van der Waals surface area (Å²) in [5, 5.41) is 5.57. The van der Waals surface area contributed by atoms with Gasteiger partial charge in [0.15, 0.2) is 0 Å². The molecule has 3 atom stereocenters. The summed E-state index contributed by atoms with van der Waals surface area (Å²) in [5.41, 5.74) is -0.599.